The van der Waals surface area contributed by atoms with Crippen molar-refractivity contribution in [2.75, 3.05) is 19.3 Å². The Morgan fingerprint density at radius 3 is 2.67 bits per heavy atom. The van der Waals surface area contributed by atoms with Crippen LogP contribution in [0.1, 0.15) is 23.3 Å². The summed E-state index contributed by atoms with van der Waals surface area (Å²) in [4.78, 5) is 18.5. The lowest BCUT2D eigenvalue weighted by Gasteiger charge is -2.30. The number of aromatic nitrogens is 1. The molecule has 0 aliphatic carbocycles. The predicted octanol–water partition coefficient (Wildman–Crippen LogP) is 3.98. The van der Waals surface area contributed by atoms with E-state index < -0.39 is 0 Å². The minimum absolute atomic E-state index is 0.0492. The van der Waals surface area contributed by atoms with E-state index in [1.165, 1.54) is 18.3 Å². The molecule has 3 rings (SSSR count). The molecule has 2 aromatic rings. The number of likely N-dealkylation sites (tertiary alicyclic amines) is 1. The van der Waals surface area contributed by atoms with Crippen LogP contribution in [0.5, 0.6) is 11.5 Å². The summed E-state index contributed by atoms with van der Waals surface area (Å²) in [6.45, 7) is 1.54. The zero-order valence-electron chi connectivity index (χ0n) is 13.4. The van der Waals surface area contributed by atoms with Crippen LogP contribution in [0.25, 0.3) is 0 Å². The second kappa shape index (κ2) is 7.66. The van der Waals surface area contributed by atoms with Gasteiger partial charge in [-0.05, 0) is 43.4 Å². The second-order valence-corrected chi connectivity index (χ2v) is 6.80. The number of benzene rings is 1. The number of rotatable bonds is 4. The van der Waals surface area contributed by atoms with Gasteiger partial charge in [-0.25, -0.2) is 9.37 Å². The number of pyridine rings is 1. The summed E-state index contributed by atoms with van der Waals surface area (Å²) < 4.78 is 18.7. The zero-order chi connectivity index (χ0) is 16.9. The van der Waals surface area contributed by atoms with E-state index in [9.17, 15) is 9.18 Å². The van der Waals surface area contributed by atoms with Crippen LogP contribution in [0, 0.1) is 5.82 Å². The lowest BCUT2D eigenvalue weighted by molar-refractivity contribution is 0.0721. The van der Waals surface area contributed by atoms with Gasteiger partial charge in [0, 0.05) is 24.4 Å². The third kappa shape index (κ3) is 4.06. The van der Waals surface area contributed by atoms with Crippen LogP contribution in [-0.4, -0.2) is 40.4 Å². The van der Waals surface area contributed by atoms with Crippen molar-refractivity contribution >= 4 is 17.7 Å². The summed E-state index contributed by atoms with van der Waals surface area (Å²) in [5.41, 5.74) is 0.407. The highest BCUT2D eigenvalue weighted by atomic mass is 32.2. The molecular weight excluding hydrogens is 327 g/mol. The van der Waals surface area contributed by atoms with Gasteiger partial charge in [-0.3, -0.25) is 4.79 Å². The van der Waals surface area contributed by atoms with E-state index in [1.807, 2.05) is 16.7 Å². The molecular formula is C18H19FN2O2S. The zero-order valence-corrected chi connectivity index (χ0v) is 14.3. The van der Waals surface area contributed by atoms with Gasteiger partial charge in [0.2, 0.25) is 0 Å². The lowest BCUT2D eigenvalue weighted by atomic mass is 10.1. The van der Waals surface area contributed by atoms with Crippen molar-refractivity contribution in [3.05, 3.63) is 54.1 Å². The molecule has 2 heterocycles. The molecule has 0 atom stereocenters. The normalized spacial score (nSPS) is 15.3. The molecule has 1 aromatic heterocycles. The van der Waals surface area contributed by atoms with E-state index in [2.05, 4.69) is 11.2 Å². The maximum absolute atomic E-state index is 13.2. The number of carbonyl (C=O) groups excluding carboxylic acids is 1. The first-order chi connectivity index (χ1) is 11.7. The summed E-state index contributed by atoms with van der Waals surface area (Å²) in [6.07, 6.45) is 5.65. The van der Waals surface area contributed by atoms with E-state index in [0.29, 0.717) is 22.4 Å². The maximum atomic E-state index is 13.2. The Balaban J connectivity index is 1.63. The predicted molar refractivity (Wildman–Crippen MR) is 93.2 cm³/mol. The molecule has 0 bridgehead atoms. The number of hydrogen-bond acceptors (Lipinski definition) is 4. The molecule has 1 aliphatic rings. The Morgan fingerprint density at radius 2 is 2.04 bits per heavy atom. The van der Waals surface area contributed by atoms with Gasteiger partial charge in [0.15, 0.2) is 0 Å². The molecule has 1 saturated heterocycles. The summed E-state index contributed by atoms with van der Waals surface area (Å²) in [7, 11) is 0. The van der Waals surface area contributed by atoms with Crippen LogP contribution in [0.3, 0.4) is 0 Å². The van der Waals surface area contributed by atoms with Gasteiger partial charge in [0.25, 0.3) is 5.91 Å². The topological polar surface area (TPSA) is 42.4 Å². The van der Waals surface area contributed by atoms with E-state index >= 15 is 0 Å². The third-order valence-electron chi connectivity index (χ3n) is 4.05. The van der Waals surface area contributed by atoms with Crippen LogP contribution in [-0.2, 0) is 0 Å². The fraction of sp³-hybridized carbons (Fsp3) is 0.333. The van der Waals surface area contributed by atoms with Crippen LogP contribution >= 0.6 is 11.8 Å². The first-order valence-corrected chi connectivity index (χ1v) is 9.16. The Labute approximate surface area is 145 Å². The van der Waals surface area contributed by atoms with Crippen molar-refractivity contribution in [1.82, 2.24) is 9.88 Å². The highest BCUT2D eigenvalue weighted by Crippen LogP contribution is 2.23. The van der Waals surface area contributed by atoms with E-state index in [-0.39, 0.29) is 11.7 Å². The Kier molecular flexibility index (Phi) is 5.35. The molecule has 0 unspecified atom stereocenters. The van der Waals surface area contributed by atoms with Gasteiger partial charge >= 0.3 is 0 Å². The fourth-order valence-corrected chi connectivity index (χ4v) is 3.37. The molecule has 6 heteroatoms. The molecule has 4 nitrogen and oxygen atoms in total. The minimum Gasteiger partial charge on any atom is -0.456 e. The van der Waals surface area contributed by atoms with Gasteiger partial charge in [-0.15, -0.1) is 0 Å². The van der Waals surface area contributed by atoms with Crippen LogP contribution in [0.2, 0.25) is 0 Å². The lowest BCUT2D eigenvalue weighted by Crippen LogP contribution is -2.39. The van der Waals surface area contributed by atoms with Crippen molar-refractivity contribution < 1.29 is 13.9 Å². The van der Waals surface area contributed by atoms with Crippen molar-refractivity contribution in [2.24, 2.45) is 0 Å². The van der Waals surface area contributed by atoms with E-state index in [0.717, 1.165) is 25.9 Å². The highest BCUT2D eigenvalue weighted by molar-refractivity contribution is 7.99. The van der Waals surface area contributed by atoms with Crippen molar-refractivity contribution in [1.29, 1.82) is 0 Å². The number of thioether (sulfide) groups is 1. The molecule has 0 N–H and O–H groups in total. The van der Waals surface area contributed by atoms with Crippen LogP contribution < -0.4 is 4.74 Å². The smallest absolute Gasteiger partial charge is 0.272 e. The van der Waals surface area contributed by atoms with Gasteiger partial charge in [0.1, 0.15) is 23.0 Å². The molecule has 0 spiro atoms. The van der Waals surface area contributed by atoms with E-state index in [4.69, 9.17) is 4.74 Å². The Morgan fingerprint density at radius 1 is 1.25 bits per heavy atom. The van der Waals surface area contributed by atoms with Crippen molar-refractivity contribution in [3.8, 4) is 11.5 Å². The summed E-state index contributed by atoms with van der Waals surface area (Å²) in [5, 5.41) is 0.643. The first-order valence-electron chi connectivity index (χ1n) is 7.87. The Bertz CT molecular complexity index is 700. The number of piperidine rings is 1. The third-order valence-corrected chi connectivity index (χ3v) is 5.19. The average molecular weight is 346 g/mol. The highest BCUT2D eigenvalue weighted by Gasteiger charge is 2.23. The standard InChI is InChI=1S/C18H19FN2O2S/c1-24-16-7-9-21(10-8-16)18(22)17-6-5-15(12-20-17)23-14-4-2-3-13(19)11-14/h2-6,11-12,16H,7-10H2,1H3. The molecule has 0 radical (unpaired) electrons. The van der Waals surface area contributed by atoms with Crippen LogP contribution in [0.15, 0.2) is 42.6 Å². The first kappa shape index (κ1) is 16.8. The summed E-state index contributed by atoms with van der Waals surface area (Å²) in [6, 6.07) is 9.23. The van der Waals surface area contributed by atoms with Crippen molar-refractivity contribution in [3.63, 3.8) is 0 Å². The second-order valence-electron chi connectivity index (χ2n) is 5.67. The number of halogens is 1. The van der Waals surface area contributed by atoms with Gasteiger partial charge in [-0.2, -0.15) is 11.8 Å². The minimum atomic E-state index is -0.360. The molecule has 126 valence electrons. The fourth-order valence-electron chi connectivity index (χ4n) is 2.69. The van der Waals surface area contributed by atoms with E-state index in [1.54, 1.807) is 24.3 Å². The molecule has 1 fully saturated rings. The molecule has 1 aliphatic heterocycles. The number of ether oxygens (including phenoxy) is 1. The van der Waals surface area contributed by atoms with Gasteiger partial charge in [0.05, 0.1) is 6.20 Å². The number of amides is 1. The average Bonchev–Trinajstić information content (AvgIpc) is 2.62. The molecule has 1 amide bonds. The molecule has 0 saturated carbocycles. The quantitative estimate of drug-likeness (QED) is 0.840. The largest absolute Gasteiger partial charge is 0.456 e. The summed E-state index contributed by atoms with van der Waals surface area (Å²) >= 11 is 1.86. The number of hydrogen-bond donors (Lipinski definition) is 0. The molecule has 1 aromatic carbocycles. The molecule has 24 heavy (non-hydrogen) atoms. The maximum Gasteiger partial charge on any atom is 0.272 e. The van der Waals surface area contributed by atoms with Crippen molar-refractivity contribution in [2.45, 2.75) is 18.1 Å². The van der Waals surface area contributed by atoms with Gasteiger partial charge < -0.3 is 9.64 Å². The van der Waals surface area contributed by atoms with Crippen LogP contribution in [0.4, 0.5) is 4.39 Å². The Hall–Kier alpha value is -2.08. The number of nitrogens with zero attached hydrogens (tertiary/aromatic N) is 2. The monoisotopic (exact) mass is 346 g/mol. The summed E-state index contributed by atoms with van der Waals surface area (Å²) in [5.74, 6) is 0.459. The SMILES string of the molecule is CSC1CCN(C(=O)c2ccc(Oc3cccc(F)c3)cn2)CC1. The number of carbonyl (C=O) groups is 1. The van der Waals surface area contributed by atoms with Gasteiger partial charge in [-0.1, -0.05) is 6.07 Å².